The normalized spacial score (nSPS) is 22.6. The van der Waals surface area contributed by atoms with E-state index in [1.165, 1.54) is 0 Å². The van der Waals surface area contributed by atoms with Crippen LogP contribution >= 0.6 is 0 Å². The fourth-order valence-corrected chi connectivity index (χ4v) is 1.97. The molecule has 1 heterocycles. The maximum atomic E-state index is 11.9. The van der Waals surface area contributed by atoms with E-state index in [-0.39, 0.29) is 12.1 Å². The maximum absolute atomic E-state index is 11.9. The van der Waals surface area contributed by atoms with Crippen molar-refractivity contribution in [1.29, 1.82) is 0 Å². The van der Waals surface area contributed by atoms with Gasteiger partial charge in [-0.25, -0.2) is 9.59 Å². The zero-order valence-corrected chi connectivity index (χ0v) is 14.3. The molecule has 2 N–H and O–H groups in total. The first kappa shape index (κ1) is 18.5. The van der Waals surface area contributed by atoms with Crippen molar-refractivity contribution in [2.45, 2.75) is 71.2 Å². The van der Waals surface area contributed by atoms with Crippen LogP contribution in [0, 0.1) is 0 Å². The van der Waals surface area contributed by atoms with Gasteiger partial charge < -0.3 is 24.8 Å². The molecule has 128 valence electrons. The largest absolute Gasteiger partial charge is 0.444 e. The number of hydrogen-bond acceptors (Lipinski definition) is 5. The van der Waals surface area contributed by atoms with E-state index in [0.717, 1.165) is 0 Å². The van der Waals surface area contributed by atoms with Gasteiger partial charge in [0.05, 0.1) is 18.7 Å². The Bertz CT molecular complexity index is 360. The van der Waals surface area contributed by atoms with Crippen LogP contribution in [0.3, 0.4) is 0 Å². The van der Waals surface area contributed by atoms with Crippen LogP contribution in [0.4, 0.5) is 9.59 Å². The minimum absolute atomic E-state index is 0.254. The zero-order chi connectivity index (χ0) is 17.0. The molecular weight excluding hydrogens is 288 g/mol. The quantitative estimate of drug-likeness (QED) is 0.815. The fraction of sp³-hybridized carbons (Fsp3) is 0.867. The van der Waals surface area contributed by atoms with Crippen LogP contribution in [-0.2, 0) is 14.2 Å². The monoisotopic (exact) mass is 316 g/mol. The number of carbonyl (C=O) groups excluding carboxylic acids is 2. The van der Waals surface area contributed by atoms with Crippen molar-refractivity contribution in [3.05, 3.63) is 0 Å². The average Bonchev–Trinajstić information content (AvgIpc) is 2.26. The van der Waals surface area contributed by atoms with E-state index in [9.17, 15) is 9.59 Å². The van der Waals surface area contributed by atoms with Gasteiger partial charge in [0.15, 0.2) is 0 Å². The number of nitrogens with one attached hydrogen (secondary N) is 2. The lowest BCUT2D eigenvalue weighted by atomic mass is 10.0. The summed E-state index contributed by atoms with van der Waals surface area (Å²) >= 11 is 0. The van der Waals surface area contributed by atoms with Gasteiger partial charge in [-0.1, -0.05) is 0 Å². The van der Waals surface area contributed by atoms with Gasteiger partial charge in [0.2, 0.25) is 0 Å². The molecule has 0 radical (unpaired) electrons. The van der Waals surface area contributed by atoms with Crippen LogP contribution in [-0.4, -0.2) is 48.7 Å². The SMILES string of the molecule is CC(C)(C)OC(=O)N[C@H]1COCC[C@H]1NC(=O)OC(C)(C)C. The Kier molecular flexibility index (Phi) is 6.05. The van der Waals surface area contributed by atoms with Crippen molar-refractivity contribution in [2.24, 2.45) is 0 Å². The zero-order valence-electron chi connectivity index (χ0n) is 14.3. The molecule has 7 nitrogen and oxygen atoms in total. The van der Waals surface area contributed by atoms with Crippen molar-refractivity contribution in [2.75, 3.05) is 13.2 Å². The highest BCUT2D eigenvalue weighted by atomic mass is 16.6. The minimum Gasteiger partial charge on any atom is -0.444 e. The number of hydrogen-bond donors (Lipinski definition) is 2. The summed E-state index contributed by atoms with van der Waals surface area (Å²) in [4.78, 5) is 23.7. The van der Waals surface area contributed by atoms with Crippen LogP contribution in [0.2, 0.25) is 0 Å². The molecule has 1 aliphatic heterocycles. The van der Waals surface area contributed by atoms with E-state index >= 15 is 0 Å². The van der Waals surface area contributed by atoms with Crippen LogP contribution in [0.1, 0.15) is 48.0 Å². The average molecular weight is 316 g/mol. The molecule has 1 aliphatic rings. The number of alkyl carbamates (subject to hydrolysis) is 2. The standard InChI is InChI=1S/C15H28N2O5/c1-14(2,3)21-12(18)16-10-7-8-20-9-11(10)17-13(19)22-15(4,5)6/h10-11H,7-9H2,1-6H3,(H,16,18)(H,17,19)/t10-,11+/m1/s1. The molecule has 0 aromatic heterocycles. The first-order chi connectivity index (χ1) is 9.96. The van der Waals surface area contributed by atoms with Gasteiger partial charge in [-0.05, 0) is 48.0 Å². The molecule has 1 rings (SSSR count). The number of rotatable bonds is 2. The molecule has 0 bridgehead atoms. The minimum atomic E-state index is -0.576. The molecule has 22 heavy (non-hydrogen) atoms. The number of amides is 2. The highest BCUT2D eigenvalue weighted by Crippen LogP contribution is 2.13. The molecule has 0 aromatic rings. The third-order valence-electron chi connectivity index (χ3n) is 2.76. The Hall–Kier alpha value is -1.50. The summed E-state index contributed by atoms with van der Waals surface area (Å²) in [6.45, 7) is 11.6. The highest BCUT2D eigenvalue weighted by molar-refractivity contribution is 5.70. The first-order valence-corrected chi connectivity index (χ1v) is 7.53. The van der Waals surface area contributed by atoms with Gasteiger partial charge >= 0.3 is 12.2 Å². The molecule has 7 heteroatoms. The van der Waals surface area contributed by atoms with Gasteiger partial charge in [-0.3, -0.25) is 0 Å². The molecular formula is C15H28N2O5. The van der Waals surface area contributed by atoms with Gasteiger partial charge in [-0.15, -0.1) is 0 Å². The predicted molar refractivity (Wildman–Crippen MR) is 81.8 cm³/mol. The summed E-state index contributed by atoms with van der Waals surface area (Å²) in [6, 6.07) is -0.604. The summed E-state index contributed by atoms with van der Waals surface area (Å²) in [6.07, 6.45) is -0.436. The Morgan fingerprint density at radius 3 is 1.82 bits per heavy atom. The van der Waals surface area contributed by atoms with E-state index in [2.05, 4.69) is 10.6 Å². The molecule has 2 atom stereocenters. The molecule has 2 amide bonds. The van der Waals surface area contributed by atoms with Crippen LogP contribution in [0.25, 0.3) is 0 Å². The summed E-state index contributed by atoms with van der Waals surface area (Å²) < 4.78 is 15.8. The summed E-state index contributed by atoms with van der Waals surface area (Å²) in [7, 11) is 0. The second-order valence-electron chi connectivity index (χ2n) is 7.37. The van der Waals surface area contributed by atoms with Crippen molar-refractivity contribution in [1.82, 2.24) is 10.6 Å². The van der Waals surface area contributed by atoms with Gasteiger partial charge in [0.1, 0.15) is 11.2 Å². The van der Waals surface area contributed by atoms with Crippen molar-refractivity contribution < 1.29 is 23.8 Å². The molecule has 0 saturated carbocycles. The van der Waals surface area contributed by atoms with E-state index in [0.29, 0.717) is 19.6 Å². The van der Waals surface area contributed by atoms with E-state index in [1.54, 1.807) is 41.5 Å². The molecule has 0 aliphatic carbocycles. The van der Waals surface area contributed by atoms with Gasteiger partial charge in [-0.2, -0.15) is 0 Å². The molecule has 0 unspecified atom stereocenters. The second kappa shape index (κ2) is 7.17. The van der Waals surface area contributed by atoms with Crippen molar-refractivity contribution in [3.63, 3.8) is 0 Å². The lowest BCUT2D eigenvalue weighted by molar-refractivity contribution is 0.0172. The maximum Gasteiger partial charge on any atom is 0.408 e. The highest BCUT2D eigenvalue weighted by Gasteiger charge is 2.31. The Morgan fingerprint density at radius 2 is 1.36 bits per heavy atom. The lowest BCUT2D eigenvalue weighted by Gasteiger charge is -2.33. The Balaban J connectivity index is 2.56. The van der Waals surface area contributed by atoms with Crippen molar-refractivity contribution in [3.8, 4) is 0 Å². The first-order valence-electron chi connectivity index (χ1n) is 7.53. The Labute approximate surface area is 132 Å². The Morgan fingerprint density at radius 1 is 0.909 bits per heavy atom. The van der Waals surface area contributed by atoms with Crippen molar-refractivity contribution >= 4 is 12.2 Å². The second-order valence-corrected chi connectivity index (χ2v) is 7.37. The van der Waals surface area contributed by atoms with Crippen LogP contribution < -0.4 is 10.6 Å². The summed E-state index contributed by atoms with van der Waals surface area (Å²) in [5.41, 5.74) is -1.14. The van der Waals surface area contributed by atoms with E-state index < -0.39 is 23.4 Å². The predicted octanol–water partition coefficient (Wildman–Crippen LogP) is 2.19. The van der Waals surface area contributed by atoms with Gasteiger partial charge in [0, 0.05) is 6.61 Å². The molecule has 0 aromatic carbocycles. The fourth-order valence-electron chi connectivity index (χ4n) is 1.97. The van der Waals surface area contributed by atoms with Gasteiger partial charge in [0.25, 0.3) is 0 Å². The topological polar surface area (TPSA) is 85.9 Å². The third kappa shape index (κ3) is 7.49. The summed E-state index contributed by atoms with van der Waals surface area (Å²) in [5, 5.41) is 5.52. The third-order valence-corrected chi connectivity index (χ3v) is 2.76. The molecule has 0 spiro atoms. The van der Waals surface area contributed by atoms with E-state index in [4.69, 9.17) is 14.2 Å². The van der Waals surface area contributed by atoms with Crippen LogP contribution in [0.5, 0.6) is 0 Å². The number of carbonyl (C=O) groups is 2. The smallest absolute Gasteiger partial charge is 0.408 e. The summed E-state index contributed by atoms with van der Waals surface area (Å²) in [5.74, 6) is 0. The van der Waals surface area contributed by atoms with E-state index in [1.807, 2.05) is 0 Å². The van der Waals surface area contributed by atoms with Crippen LogP contribution in [0.15, 0.2) is 0 Å². The molecule has 1 saturated heterocycles. The molecule has 1 fully saturated rings. The lowest BCUT2D eigenvalue weighted by Crippen LogP contribution is -2.57. The number of ether oxygens (including phenoxy) is 3.